The normalized spacial score (nSPS) is 11.4. The number of fused-ring (bicyclic) bond motifs is 1. The number of carbonyl (C=O) groups excluding carboxylic acids is 1. The SMILES string of the molecule is O=C(Cc1coc2ccc(Cl)cc12)Nc1ccc(S(=O)(=O)Nc2ncccn2)cc1. The molecule has 2 aromatic heterocycles. The summed E-state index contributed by atoms with van der Waals surface area (Å²) in [5.74, 6) is -0.300. The molecule has 2 aromatic carbocycles. The first-order valence-electron chi connectivity index (χ1n) is 8.76. The molecule has 8 nitrogen and oxygen atoms in total. The molecule has 10 heteroatoms. The second-order valence-electron chi connectivity index (χ2n) is 6.33. The number of halogens is 1. The van der Waals surface area contributed by atoms with E-state index in [4.69, 9.17) is 16.0 Å². The van der Waals surface area contributed by atoms with Crippen LogP contribution in [0.5, 0.6) is 0 Å². The van der Waals surface area contributed by atoms with E-state index in [1.54, 1.807) is 24.3 Å². The average molecular weight is 443 g/mol. The number of nitrogens with zero attached hydrogens (tertiary/aromatic N) is 2. The fraction of sp³-hybridized carbons (Fsp3) is 0.0500. The van der Waals surface area contributed by atoms with Crippen molar-refractivity contribution in [2.24, 2.45) is 0 Å². The predicted molar refractivity (Wildman–Crippen MR) is 113 cm³/mol. The summed E-state index contributed by atoms with van der Waals surface area (Å²) in [6.45, 7) is 0. The summed E-state index contributed by atoms with van der Waals surface area (Å²) in [7, 11) is -3.84. The number of furan rings is 1. The van der Waals surface area contributed by atoms with E-state index in [-0.39, 0.29) is 23.2 Å². The maximum absolute atomic E-state index is 12.4. The number of rotatable bonds is 6. The highest BCUT2D eigenvalue weighted by atomic mass is 35.5. The van der Waals surface area contributed by atoms with Gasteiger partial charge in [-0.05, 0) is 48.5 Å². The number of hydrogen-bond acceptors (Lipinski definition) is 6. The van der Waals surface area contributed by atoms with Gasteiger partial charge in [-0.3, -0.25) is 4.79 Å². The van der Waals surface area contributed by atoms with E-state index in [1.165, 1.54) is 42.9 Å². The van der Waals surface area contributed by atoms with Gasteiger partial charge in [0.15, 0.2) is 0 Å². The zero-order valence-corrected chi connectivity index (χ0v) is 16.9. The lowest BCUT2D eigenvalue weighted by Crippen LogP contribution is -2.16. The maximum atomic E-state index is 12.4. The zero-order chi connectivity index (χ0) is 21.1. The highest BCUT2D eigenvalue weighted by molar-refractivity contribution is 7.92. The van der Waals surface area contributed by atoms with Crippen LogP contribution in [-0.2, 0) is 21.2 Å². The number of amides is 1. The van der Waals surface area contributed by atoms with Gasteiger partial charge in [0.1, 0.15) is 5.58 Å². The van der Waals surface area contributed by atoms with Gasteiger partial charge < -0.3 is 9.73 Å². The van der Waals surface area contributed by atoms with E-state index >= 15 is 0 Å². The molecule has 0 aliphatic rings. The molecule has 0 bridgehead atoms. The van der Waals surface area contributed by atoms with Crippen LogP contribution in [0.25, 0.3) is 11.0 Å². The Kier molecular flexibility index (Phi) is 5.39. The van der Waals surface area contributed by atoms with Crippen molar-refractivity contribution in [1.29, 1.82) is 0 Å². The minimum atomic E-state index is -3.84. The largest absolute Gasteiger partial charge is 0.464 e. The number of nitrogens with one attached hydrogen (secondary N) is 2. The van der Waals surface area contributed by atoms with Gasteiger partial charge in [-0.25, -0.2) is 23.1 Å². The van der Waals surface area contributed by atoms with Gasteiger partial charge in [-0.2, -0.15) is 0 Å². The lowest BCUT2D eigenvalue weighted by atomic mass is 10.1. The first-order valence-corrected chi connectivity index (χ1v) is 10.6. The minimum absolute atomic E-state index is 0.0171. The van der Waals surface area contributed by atoms with E-state index in [2.05, 4.69) is 20.0 Å². The van der Waals surface area contributed by atoms with Crippen LogP contribution in [0.2, 0.25) is 5.02 Å². The van der Waals surface area contributed by atoms with Gasteiger partial charge in [0.05, 0.1) is 17.6 Å². The Balaban J connectivity index is 1.44. The molecule has 0 saturated carbocycles. The molecule has 2 heterocycles. The monoisotopic (exact) mass is 442 g/mol. The molecular formula is C20H15ClN4O4S. The second-order valence-corrected chi connectivity index (χ2v) is 8.45. The van der Waals surface area contributed by atoms with Crippen LogP contribution in [0.3, 0.4) is 0 Å². The Hall–Kier alpha value is -3.43. The highest BCUT2D eigenvalue weighted by Gasteiger charge is 2.16. The van der Waals surface area contributed by atoms with Gasteiger partial charge in [-0.15, -0.1) is 0 Å². The Bertz CT molecular complexity index is 1310. The minimum Gasteiger partial charge on any atom is -0.464 e. The molecule has 1 amide bonds. The van der Waals surface area contributed by atoms with Crippen molar-refractivity contribution < 1.29 is 17.6 Å². The molecular weight excluding hydrogens is 428 g/mol. The summed E-state index contributed by atoms with van der Waals surface area (Å²) < 4.78 is 32.5. The van der Waals surface area contributed by atoms with E-state index in [0.29, 0.717) is 21.9 Å². The van der Waals surface area contributed by atoms with Crippen LogP contribution in [0.4, 0.5) is 11.6 Å². The molecule has 0 radical (unpaired) electrons. The number of aromatic nitrogens is 2. The number of carbonyl (C=O) groups is 1. The molecule has 0 atom stereocenters. The molecule has 0 spiro atoms. The number of sulfonamides is 1. The van der Waals surface area contributed by atoms with Crippen molar-refractivity contribution in [2.75, 3.05) is 10.0 Å². The van der Waals surface area contributed by atoms with Crippen LogP contribution in [-0.4, -0.2) is 24.3 Å². The smallest absolute Gasteiger partial charge is 0.264 e. The molecule has 30 heavy (non-hydrogen) atoms. The molecule has 0 fully saturated rings. The topological polar surface area (TPSA) is 114 Å². The third-order valence-corrected chi connectivity index (χ3v) is 5.79. The summed E-state index contributed by atoms with van der Waals surface area (Å²) in [6.07, 6.45) is 4.47. The summed E-state index contributed by atoms with van der Waals surface area (Å²) >= 11 is 6.01. The fourth-order valence-electron chi connectivity index (χ4n) is 2.82. The molecule has 0 aliphatic carbocycles. The van der Waals surface area contributed by atoms with Crippen LogP contribution >= 0.6 is 11.6 Å². The Morgan fingerprint density at radius 3 is 2.53 bits per heavy atom. The van der Waals surface area contributed by atoms with Crippen molar-refractivity contribution in [3.8, 4) is 0 Å². The number of hydrogen-bond donors (Lipinski definition) is 2. The molecule has 0 unspecified atom stereocenters. The first kappa shape index (κ1) is 19.9. The first-order chi connectivity index (χ1) is 14.4. The standard InChI is InChI=1S/C20H15ClN4O4S/c21-14-2-7-18-17(11-14)13(12-29-18)10-19(26)24-15-3-5-16(6-4-15)30(27,28)25-20-22-8-1-9-23-20/h1-9,11-12H,10H2,(H,24,26)(H,22,23,25). The molecule has 152 valence electrons. The van der Waals surface area contributed by atoms with Gasteiger partial charge in [0, 0.05) is 34.1 Å². The average Bonchev–Trinajstić information content (AvgIpc) is 3.10. The van der Waals surface area contributed by atoms with Crippen molar-refractivity contribution in [3.05, 3.63) is 77.8 Å². The van der Waals surface area contributed by atoms with Crippen LogP contribution in [0.1, 0.15) is 5.56 Å². The number of benzene rings is 2. The van der Waals surface area contributed by atoms with Crippen LogP contribution in [0.15, 0.2) is 76.5 Å². The highest BCUT2D eigenvalue weighted by Crippen LogP contribution is 2.25. The summed E-state index contributed by atoms with van der Waals surface area (Å²) in [4.78, 5) is 20.1. The lowest BCUT2D eigenvalue weighted by molar-refractivity contribution is -0.115. The van der Waals surface area contributed by atoms with Gasteiger partial charge in [-0.1, -0.05) is 11.6 Å². The van der Waals surface area contributed by atoms with Crippen molar-refractivity contribution in [3.63, 3.8) is 0 Å². The summed E-state index contributed by atoms with van der Waals surface area (Å²) in [5.41, 5.74) is 1.81. The predicted octanol–water partition coefficient (Wildman–Crippen LogP) is 3.86. The summed E-state index contributed by atoms with van der Waals surface area (Å²) in [5, 5.41) is 4.06. The van der Waals surface area contributed by atoms with Gasteiger partial charge in [0.25, 0.3) is 10.0 Å². The lowest BCUT2D eigenvalue weighted by Gasteiger charge is -2.08. The molecule has 0 aliphatic heterocycles. The Morgan fingerprint density at radius 1 is 1.07 bits per heavy atom. The van der Waals surface area contributed by atoms with Crippen molar-refractivity contribution >= 4 is 50.1 Å². The zero-order valence-electron chi connectivity index (χ0n) is 15.4. The van der Waals surface area contributed by atoms with E-state index in [1.807, 2.05) is 0 Å². The maximum Gasteiger partial charge on any atom is 0.264 e. The fourth-order valence-corrected chi connectivity index (χ4v) is 3.95. The molecule has 4 aromatic rings. The van der Waals surface area contributed by atoms with Crippen molar-refractivity contribution in [1.82, 2.24) is 9.97 Å². The van der Waals surface area contributed by atoms with Gasteiger partial charge >= 0.3 is 0 Å². The summed E-state index contributed by atoms with van der Waals surface area (Å²) in [6, 6.07) is 12.5. The third kappa shape index (κ3) is 4.42. The van der Waals surface area contributed by atoms with E-state index < -0.39 is 10.0 Å². The van der Waals surface area contributed by atoms with E-state index in [0.717, 1.165) is 5.39 Å². The molecule has 4 rings (SSSR count). The molecule has 2 N–H and O–H groups in total. The third-order valence-electron chi connectivity index (χ3n) is 4.21. The van der Waals surface area contributed by atoms with E-state index in [9.17, 15) is 13.2 Å². The van der Waals surface area contributed by atoms with Crippen LogP contribution < -0.4 is 10.0 Å². The molecule has 0 saturated heterocycles. The second kappa shape index (κ2) is 8.13. The number of anilines is 2. The van der Waals surface area contributed by atoms with Crippen molar-refractivity contribution in [2.45, 2.75) is 11.3 Å². The quantitative estimate of drug-likeness (QED) is 0.468. The Morgan fingerprint density at radius 2 is 1.80 bits per heavy atom. The van der Waals surface area contributed by atoms with Gasteiger partial charge in [0.2, 0.25) is 11.9 Å². The Labute approximate surface area is 177 Å². The van der Waals surface area contributed by atoms with Crippen LogP contribution in [0, 0.1) is 0 Å².